The number of rotatable bonds is 8. The van der Waals surface area contributed by atoms with Crippen LogP contribution in [-0.4, -0.2) is 127 Å². The number of hydrogen-bond acceptors (Lipinski definition) is 10. The van der Waals surface area contributed by atoms with E-state index in [0.29, 0.717) is 51.9 Å². The van der Waals surface area contributed by atoms with Gasteiger partial charge in [-0.2, -0.15) is 0 Å². The van der Waals surface area contributed by atoms with Crippen molar-refractivity contribution in [1.29, 1.82) is 0 Å². The summed E-state index contributed by atoms with van der Waals surface area (Å²) in [6, 6.07) is -2.44. The van der Waals surface area contributed by atoms with Crippen LogP contribution in [0.25, 0.3) is 0 Å². The fraction of sp³-hybridized carbons (Fsp3) is 0.741. The number of hydrogen-bond donors (Lipinski definition) is 0. The molecule has 10 nitrogen and oxygen atoms in total. The van der Waals surface area contributed by atoms with Crippen molar-refractivity contribution in [2.75, 3.05) is 54.4 Å². The largest absolute Gasteiger partial charge is 0.388 e. The Morgan fingerprint density at radius 1 is 0.514 bits per heavy atom. The maximum Gasteiger partial charge on any atom is 0.350 e. The van der Waals surface area contributed by atoms with E-state index in [1.165, 1.54) is 0 Å². The van der Waals surface area contributed by atoms with Gasteiger partial charge in [-0.1, -0.05) is 0 Å². The van der Waals surface area contributed by atoms with Gasteiger partial charge in [-0.05, 0) is 106 Å². The fourth-order valence-electron chi connectivity index (χ4n) is 6.34. The molecule has 0 N–H and O–H groups in total. The van der Waals surface area contributed by atoms with Gasteiger partial charge in [0.05, 0.1) is 23.7 Å². The summed E-state index contributed by atoms with van der Waals surface area (Å²) in [6.45, 7) is 2.74. The molecule has 4 atom stereocenters. The van der Waals surface area contributed by atoms with Crippen LogP contribution >= 0.6 is 0 Å². The third-order valence-electron chi connectivity index (χ3n) is 8.65. The van der Waals surface area contributed by atoms with E-state index >= 15 is 0 Å². The third-order valence-corrected chi connectivity index (χ3v) is 8.65. The smallest absolute Gasteiger partial charge is 0.350 e. The molecule has 0 spiro atoms. The van der Waals surface area contributed by atoms with Crippen molar-refractivity contribution in [3.63, 3.8) is 0 Å². The van der Waals surface area contributed by atoms with E-state index < -0.39 is 59.0 Å². The predicted octanol–water partition coefficient (Wildman–Crippen LogP) is 0.437. The van der Waals surface area contributed by atoms with Crippen LogP contribution in [0, 0.1) is 0 Å². The first-order valence-electron chi connectivity index (χ1n) is 13.6. The second kappa shape index (κ2) is 11.6. The molecule has 0 aromatic rings. The fourth-order valence-corrected chi connectivity index (χ4v) is 6.34. The topological polar surface area (TPSA) is 108 Å². The molecule has 0 bridgehead atoms. The van der Waals surface area contributed by atoms with Gasteiger partial charge in [0.2, 0.25) is 0 Å². The summed E-state index contributed by atoms with van der Waals surface area (Å²) >= 11 is 0. The SMILES string of the molecule is CN1CCCC1C(=O)OC(=O)C(C(=O)C1CCCN1C)=C(C(=O)C1CCCN1C)C(=O)C1CCCN1C. The zero-order valence-corrected chi connectivity index (χ0v) is 22.5. The van der Waals surface area contributed by atoms with Crippen molar-refractivity contribution in [2.24, 2.45) is 0 Å². The Balaban J connectivity index is 1.79. The standard InChI is InChI=1S/C27H40N4O6/c1-28-13-5-9-17(28)23(32)21(24(33)18-10-6-14-29(18)2)22(25(34)19-11-7-15-30(19)3)27(36)37-26(35)20-12-8-16-31(20)4/h17-20H,5-16H2,1-4H3. The first-order chi connectivity index (χ1) is 17.6. The average molecular weight is 517 g/mol. The van der Waals surface area contributed by atoms with Crippen LogP contribution in [0.1, 0.15) is 51.4 Å². The summed E-state index contributed by atoms with van der Waals surface area (Å²) in [4.78, 5) is 75.9. The number of likely N-dealkylation sites (N-methyl/N-ethyl adjacent to an activating group) is 4. The molecule has 4 aliphatic rings. The Morgan fingerprint density at radius 2 is 0.838 bits per heavy atom. The van der Waals surface area contributed by atoms with Gasteiger partial charge < -0.3 is 4.74 Å². The summed E-state index contributed by atoms with van der Waals surface area (Å²) in [5.41, 5.74) is -0.913. The second-order valence-corrected chi connectivity index (χ2v) is 11.1. The van der Waals surface area contributed by atoms with Crippen LogP contribution in [0.2, 0.25) is 0 Å². The van der Waals surface area contributed by atoms with Crippen LogP contribution in [0.4, 0.5) is 0 Å². The Labute approximate surface area is 218 Å². The number of nitrogens with zero attached hydrogens (tertiary/aromatic N) is 4. The lowest BCUT2D eigenvalue weighted by Gasteiger charge is -2.26. The van der Waals surface area contributed by atoms with Crippen LogP contribution in [0.5, 0.6) is 0 Å². The molecule has 4 aliphatic heterocycles. The molecular formula is C27H40N4O6. The van der Waals surface area contributed by atoms with E-state index in [-0.39, 0.29) is 5.57 Å². The van der Waals surface area contributed by atoms with Crippen LogP contribution in [-0.2, 0) is 28.7 Å². The first-order valence-corrected chi connectivity index (χ1v) is 13.6. The van der Waals surface area contributed by atoms with Crippen molar-refractivity contribution < 1.29 is 28.7 Å². The van der Waals surface area contributed by atoms with E-state index in [0.717, 1.165) is 25.7 Å². The molecule has 0 aromatic carbocycles. The number of ether oxygens (including phenoxy) is 1. The van der Waals surface area contributed by atoms with Crippen molar-refractivity contribution in [2.45, 2.75) is 75.5 Å². The molecule has 4 heterocycles. The van der Waals surface area contributed by atoms with E-state index in [9.17, 15) is 24.0 Å². The summed E-state index contributed by atoms with van der Waals surface area (Å²) in [7, 11) is 7.19. The molecule has 0 radical (unpaired) electrons. The molecule has 4 unspecified atom stereocenters. The van der Waals surface area contributed by atoms with Gasteiger partial charge in [0.15, 0.2) is 17.3 Å². The molecule has 4 rings (SSSR count). The van der Waals surface area contributed by atoms with Gasteiger partial charge in [0, 0.05) is 0 Å². The molecule has 4 saturated heterocycles. The predicted molar refractivity (Wildman–Crippen MR) is 136 cm³/mol. The molecule has 0 saturated carbocycles. The zero-order chi connectivity index (χ0) is 26.9. The van der Waals surface area contributed by atoms with E-state index in [2.05, 4.69) is 0 Å². The Bertz CT molecular complexity index is 959. The average Bonchev–Trinajstić information content (AvgIpc) is 3.65. The number of carbonyl (C=O) groups excluding carboxylic acids is 5. The highest BCUT2D eigenvalue weighted by molar-refractivity contribution is 6.35. The minimum Gasteiger partial charge on any atom is -0.388 e. The molecule has 37 heavy (non-hydrogen) atoms. The Morgan fingerprint density at radius 3 is 1.16 bits per heavy atom. The Kier molecular flexibility index (Phi) is 8.73. The molecule has 204 valence electrons. The normalized spacial score (nSPS) is 29.5. The minimum absolute atomic E-state index is 0.375. The number of ketones is 3. The lowest BCUT2D eigenvalue weighted by molar-refractivity contribution is -0.160. The van der Waals surface area contributed by atoms with E-state index in [4.69, 9.17) is 4.74 Å². The third kappa shape index (κ3) is 5.62. The number of esters is 2. The first kappa shape index (κ1) is 27.8. The van der Waals surface area contributed by atoms with Crippen molar-refractivity contribution in [1.82, 2.24) is 19.6 Å². The van der Waals surface area contributed by atoms with Crippen LogP contribution in [0.15, 0.2) is 11.1 Å². The summed E-state index contributed by atoms with van der Waals surface area (Å²) < 4.78 is 5.29. The van der Waals surface area contributed by atoms with Gasteiger partial charge in [-0.15, -0.1) is 0 Å². The van der Waals surface area contributed by atoms with Gasteiger partial charge >= 0.3 is 11.9 Å². The van der Waals surface area contributed by atoms with Crippen LogP contribution < -0.4 is 0 Å². The maximum absolute atomic E-state index is 14.0. The molecule has 0 aliphatic carbocycles. The highest BCUT2D eigenvalue weighted by Crippen LogP contribution is 2.29. The van der Waals surface area contributed by atoms with Crippen molar-refractivity contribution >= 4 is 29.3 Å². The molecular weight excluding hydrogens is 476 g/mol. The van der Waals surface area contributed by atoms with Crippen LogP contribution in [0.3, 0.4) is 0 Å². The molecule has 4 fully saturated rings. The van der Waals surface area contributed by atoms with E-state index in [1.54, 1.807) is 14.1 Å². The summed E-state index contributed by atoms with van der Waals surface area (Å²) in [6.07, 6.45) is 5.25. The Hall–Kier alpha value is -2.27. The quantitative estimate of drug-likeness (QED) is 0.195. The zero-order valence-electron chi connectivity index (χ0n) is 22.5. The maximum atomic E-state index is 14.0. The van der Waals surface area contributed by atoms with Gasteiger partial charge in [0.25, 0.3) is 0 Å². The minimum atomic E-state index is -1.17. The highest BCUT2D eigenvalue weighted by atomic mass is 16.6. The molecule has 0 amide bonds. The lowest BCUT2D eigenvalue weighted by Crippen LogP contribution is -2.45. The number of carbonyl (C=O) groups is 5. The monoisotopic (exact) mass is 516 g/mol. The summed E-state index contributed by atoms with van der Waals surface area (Å²) in [5.74, 6) is -3.55. The van der Waals surface area contributed by atoms with Crippen molar-refractivity contribution in [3.05, 3.63) is 11.1 Å². The second-order valence-electron chi connectivity index (χ2n) is 11.1. The van der Waals surface area contributed by atoms with Gasteiger partial charge in [-0.25, -0.2) is 9.59 Å². The molecule has 10 heteroatoms. The number of likely N-dealkylation sites (tertiary alicyclic amines) is 4. The molecule has 0 aromatic heterocycles. The number of Topliss-reactive ketones (excluding diaryl/α,β-unsaturated/α-hetero) is 3. The van der Waals surface area contributed by atoms with Crippen molar-refractivity contribution in [3.8, 4) is 0 Å². The van der Waals surface area contributed by atoms with Gasteiger partial charge in [-0.3, -0.25) is 34.0 Å². The lowest BCUT2D eigenvalue weighted by atomic mass is 9.86. The highest BCUT2D eigenvalue weighted by Gasteiger charge is 2.45. The van der Waals surface area contributed by atoms with E-state index in [1.807, 2.05) is 33.7 Å². The van der Waals surface area contributed by atoms with Gasteiger partial charge in [0.1, 0.15) is 11.6 Å². The summed E-state index contributed by atoms with van der Waals surface area (Å²) in [5, 5.41) is 0.